The van der Waals surface area contributed by atoms with Crippen LogP contribution in [0.3, 0.4) is 0 Å². The molecule has 2 atom stereocenters. The second kappa shape index (κ2) is 12.9. The van der Waals surface area contributed by atoms with Crippen molar-refractivity contribution in [2.24, 2.45) is 0 Å². The summed E-state index contributed by atoms with van der Waals surface area (Å²) in [5.74, 6) is 0.648. The van der Waals surface area contributed by atoms with Crippen LogP contribution >= 0.6 is 0 Å². The summed E-state index contributed by atoms with van der Waals surface area (Å²) < 4.78 is 6.21. The average Bonchev–Trinajstić information content (AvgIpc) is 3.39. The predicted octanol–water partition coefficient (Wildman–Crippen LogP) is 8.05. The molecule has 0 saturated carbocycles. The fourth-order valence-electron chi connectivity index (χ4n) is 4.73. The average molecular weight is 510 g/mol. The highest BCUT2D eigenvalue weighted by molar-refractivity contribution is 5.93. The van der Waals surface area contributed by atoms with E-state index in [1.807, 2.05) is 68.2 Å². The minimum atomic E-state index is -0.322. The van der Waals surface area contributed by atoms with E-state index in [4.69, 9.17) is 4.74 Å². The molecular weight excluding hydrogens is 470 g/mol. The molecule has 198 valence electrons. The number of imidazole rings is 1. The summed E-state index contributed by atoms with van der Waals surface area (Å²) >= 11 is 0. The van der Waals surface area contributed by atoms with Crippen LogP contribution < -0.4 is 0 Å². The van der Waals surface area contributed by atoms with Gasteiger partial charge in [-0.1, -0.05) is 94.3 Å². The zero-order chi connectivity index (χ0) is 27.8. The summed E-state index contributed by atoms with van der Waals surface area (Å²) in [5, 5.41) is 0. The smallest absolute Gasteiger partial charge is 0.290 e. The van der Waals surface area contributed by atoms with E-state index in [0.717, 1.165) is 45.7 Å². The van der Waals surface area contributed by atoms with E-state index in [0.29, 0.717) is 18.1 Å². The number of allylic oxidation sites excluding steroid dienone is 6. The van der Waals surface area contributed by atoms with Crippen molar-refractivity contribution in [2.45, 2.75) is 53.0 Å². The molecule has 5 heteroatoms. The van der Waals surface area contributed by atoms with Gasteiger partial charge in [0.2, 0.25) is 0 Å². The summed E-state index contributed by atoms with van der Waals surface area (Å²) in [6.45, 7) is 22.3. The Bertz CT molecular complexity index is 1330. The van der Waals surface area contributed by atoms with E-state index in [2.05, 4.69) is 55.7 Å². The Morgan fingerprint density at radius 3 is 2.53 bits per heavy atom. The lowest BCUT2D eigenvalue weighted by molar-refractivity contribution is -0.132. The second-order valence-corrected chi connectivity index (χ2v) is 9.70. The number of nitrogens with one attached hydrogen (secondary N) is 1. The Hall–Kier alpha value is -4.12. The molecule has 0 radical (unpaired) electrons. The van der Waals surface area contributed by atoms with Gasteiger partial charge in [-0.25, -0.2) is 4.98 Å². The van der Waals surface area contributed by atoms with Gasteiger partial charge in [-0.15, -0.1) is 0 Å². The molecule has 2 heterocycles. The van der Waals surface area contributed by atoms with Crippen LogP contribution in [-0.2, 0) is 9.53 Å². The molecular formula is C33H39N3O2. The molecule has 1 amide bonds. The van der Waals surface area contributed by atoms with E-state index in [1.54, 1.807) is 12.4 Å². The molecule has 0 fully saturated rings. The molecule has 2 unspecified atom stereocenters. The van der Waals surface area contributed by atoms with Gasteiger partial charge in [0.1, 0.15) is 5.76 Å². The molecule has 1 aliphatic rings. The molecule has 0 spiro atoms. The number of nitrogens with zero attached hydrogens (tertiary/aromatic N) is 2. The van der Waals surface area contributed by atoms with Gasteiger partial charge in [-0.05, 0) is 55.0 Å². The largest absolute Gasteiger partial charge is 0.452 e. The SMILES string of the molecule is C=C/C=C\C=C(/CC)C(=C)OC(C(=O)N1CC(C)c2nc[nH]c2C1/C(C)=C/c1ccccc1C=C)=C(C)C. The number of H-pyrrole nitrogens is 1. The molecule has 0 saturated heterocycles. The van der Waals surface area contributed by atoms with E-state index >= 15 is 0 Å². The normalized spacial score (nSPS) is 17.7. The quantitative estimate of drug-likeness (QED) is 0.200. The predicted molar refractivity (Wildman–Crippen MR) is 158 cm³/mol. The summed E-state index contributed by atoms with van der Waals surface area (Å²) in [4.78, 5) is 24.0. The van der Waals surface area contributed by atoms with Crippen LogP contribution in [-0.4, -0.2) is 27.3 Å². The first-order valence-electron chi connectivity index (χ1n) is 13.0. The molecule has 38 heavy (non-hydrogen) atoms. The Labute approximate surface area is 227 Å². The maximum Gasteiger partial charge on any atom is 0.290 e. The van der Waals surface area contributed by atoms with Gasteiger partial charge in [-0.3, -0.25) is 4.79 Å². The van der Waals surface area contributed by atoms with Gasteiger partial charge < -0.3 is 14.6 Å². The Kier molecular flexibility index (Phi) is 9.66. The lowest BCUT2D eigenvalue weighted by atomic mass is 9.89. The number of amides is 1. The van der Waals surface area contributed by atoms with Crippen LogP contribution in [0.15, 0.2) is 103 Å². The molecule has 2 aromatic rings. The number of aromatic amines is 1. The van der Waals surface area contributed by atoms with Gasteiger partial charge in [0, 0.05) is 12.5 Å². The number of carbonyl (C=O) groups excluding carboxylic acids is 1. The molecule has 0 aliphatic carbocycles. The van der Waals surface area contributed by atoms with Crippen molar-refractivity contribution in [2.75, 3.05) is 6.54 Å². The van der Waals surface area contributed by atoms with Crippen LogP contribution in [0, 0.1) is 0 Å². The number of hydrogen-bond donors (Lipinski definition) is 1. The van der Waals surface area contributed by atoms with E-state index < -0.39 is 0 Å². The van der Waals surface area contributed by atoms with Crippen molar-refractivity contribution >= 4 is 18.1 Å². The minimum absolute atomic E-state index is 0.0708. The van der Waals surface area contributed by atoms with Crippen molar-refractivity contribution in [3.63, 3.8) is 0 Å². The van der Waals surface area contributed by atoms with Gasteiger partial charge in [0.05, 0.1) is 23.8 Å². The van der Waals surface area contributed by atoms with E-state index in [-0.39, 0.29) is 17.9 Å². The third-order valence-corrected chi connectivity index (χ3v) is 6.67. The van der Waals surface area contributed by atoms with Crippen LogP contribution in [0.1, 0.15) is 75.5 Å². The summed E-state index contributed by atoms with van der Waals surface area (Å²) in [6.07, 6.45) is 13.8. The van der Waals surface area contributed by atoms with Crippen LogP contribution in [0.25, 0.3) is 12.2 Å². The van der Waals surface area contributed by atoms with Gasteiger partial charge >= 0.3 is 0 Å². The number of rotatable bonds is 10. The van der Waals surface area contributed by atoms with Crippen LogP contribution in [0.4, 0.5) is 0 Å². The van der Waals surface area contributed by atoms with Gasteiger partial charge in [0.15, 0.2) is 5.76 Å². The summed E-state index contributed by atoms with van der Waals surface area (Å²) in [7, 11) is 0. The molecule has 3 rings (SSSR count). The second-order valence-electron chi connectivity index (χ2n) is 9.70. The topological polar surface area (TPSA) is 58.2 Å². The lowest BCUT2D eigenvalue weighted by Crippen LogP contribution is -2.43. The summed E-state index contributed by atoms with van der Waals surface area (Å²) in [6, 6.07) is 7.76. The molecule has 0 bridgehead atoms. The fourth-order valence-corrected chi connectivity index (χ4v) is 4.73. The molecule has 1 aliphatic heterocycles. The molecule has 1 N–H and O–H groups in total. The van der Waals surface area contributed by atoms with Crippen molar-refractivity contribution < 1.29 is 9.53 Å². The number of aromatic nitrogens is 2. The van der Waals surface area contributed by atoms with Gasteiger partial charge in [0.25, 0.3) is 5.91 Å². The van der Waals surface area contributed by atoms with Crippen molar-refractivity contribution in [1.29, 1.82) is 0 Å². The zero-order valence-corrected chi connectivity index (χ0v) is 23.3. The Balaban J connectivity index is 2.03. The minimum Gasteiger partial charge on any atom is -0.452 e. The van der Waals surface area contributed by atoms with E-state index in [9.17, 15) is 4.79 Å². The fraction of sp³-hybridized carbons (Fsp3) is 0.273. The lowest BCUT2D eigenvalue weighted by Gasteiger charge is -2.39. The van der Waals surface area contributed by atoms with Crippen LogP contribution in [0.2, 0.25) is 0 Å². The number of hydrogen-bond acceptors (Lipinski definition) is 3. The van der Waals surface area contributed by atoms with Crippen LogP contribution in [0.5, 0.6) is 0 Å². The molecule has 5 nitrogen and oxygen atoms in total. The third-order valence-electron chi connectivity index (χ3n) is 6.67. The Morgan fingerprint density at radius 1 is 1.18 bits per heavy atom. The highest BCUT2D eigenvalue weighted by atomic mass is 16.5. The van der Waals surface area contributed by atoms with Crippen molar-refractivity contribution in [1.82, 2.24) is 14.9 Å². The highest BCUT2D eigenvalue weighted by Gasteiger charge is 2.39. The highest BCUT2D eigenvalue weighted by Crippen LogP contribution is 2.40. The monoisotopic (exact) mass is 509 g/mol. The number of fused-ring (bicyclic) bond motifs is 1. The first-order valence-corrected chi connectivity index (χ1v) is 13.0. The summed E-state index contributed by atoms with van der Waals surface area (Å²) in [5.41, 5.74) is 6.70. The Morgan fingerprint density at radius 2 is 1.89 bits per heavy atom. The molecule has 1 aromatic carbocycles. The molecule has 1 aromatic heterocycles. The maximum atomic E-state index is 14.2. The zero-order valence-electron chi connectivity index (χ0n) is 23.3. The van der Waals surface area contributed by atoms with Crippen molar-refractivity contribution in [3.8, 4) is 0 Å². The first kappa shape index (κ1) is 28.5. The maximum absolute atomic E-state index is 14.2. The first-order chi connectivity index (χ1) is 18.2. The number of ether oxygens (including phenoxy) is 1. The van der Waals surface area contributed by atoms with Gasteiger partial charge in [-0.2, -0.15) is 0 Å². The van der Waals surface area contributed by atoms with Crippen molar-refractivity contribution in [3.05, 3.63) is 125 Å². The van der Waals surface area contributed by atoms with E-state index in [1.165, 1.54) is 0 Å². The number of benzene rings is 1. The third kappa shape index (κ3) is 6.23. The standard InChI is InChI=1S/C33H39N3O2/c1-9-12-13-16-26(10-2)25(8)38-32(22(4)5)33(37)36-20-24(7)29-30(35-21-34-29)31(36)23(6)19-28-18-15-14-17-27(28)11-3/h9,11-19,21,24,31H,1,3,8,10,20H2,2,4-7H3,(H,34,35)/b13-12-,23-19+,26-16+. The number of carbonyl (C=O) groups is 1.